The first kappa shape index (κ1) is 7.74. The van der Waals surface area contributed by atoms with Gasteiger partial charge in [-0.25, -0.2) is 4.98 Å². The third-order valence-corrected chi connectivity index (χ3v) is 2.82. The maximum Gasteiger partial charge on any atom is 0.166 e. The molecule has 0 spiro atoms. The second kappa shape index (κ2) is 2.44. The van der Waals surface area contributed by atoms with Gasteiger partial charge in [-0.1, -0.05) is 6.07 Å². The molecular formula is C11H10N2O. The molecule has 0 bridgehead atoms. The summed E-state index contributed by atoms with van der Waals surface area (Å²) in [6.07, 6.45) is 0.601. The molecule has 3 nitrogen and oxygen atoms in total. The lowest BCUT2D eigenvalue weighted by molar-refractivity contribution is 0.0973. The summed E-state index contributed by atoms with van der Waals surface area (Å²) in [7, 11) is 0. The Morgan fingerprint density at radius 2 is 2.29 bits per heavy atom. The summed E-state index contributed by atoms with van der Waals surface area (Å²) in [6.45, 7) is 2.76. The predicted molar refractivity (Wildman–Crippen MR) is 53.4 cm³/mol. The van der Waals surface area contributed by atoms with E-state index in [0.29, 0.717) is 6.42 Å². The number of ketones is 1. The fourth-order valence-electron chi connectivity index (χ4n) is 2.15. The zero-order chi connectivity index (χ0) is 9.71. The molecule has 0 atom stereocenters. The fourth-order valence-corrected chi connectivity index (χ4v) is 2.15. The van der Waals surface area contributed by atoms with Gasteiger partial charge in [-0.15, -0.1) is 0 Å². The highest BCUT2D eigenvalue weighted by atomic mass is 16.1. The van der Waals surface area contributed by atoms with Gasteiger partial charge < -0.3 is 4.57 Å². The summed E-state index contributed by atoms with van der Waals surface area (Å²) >= 11 is 0. The molecule has 0 N–H and O–H groups in total. The van der Waals surface area contributed by atoms with Crippen molar-refractivity contribution < 1.29 is 4.79 Å². The number of hydrogen-bond acceptors (Lipinski definition) is 2. The number of benzene rings is 1. The lowest BCUT2D eigenvalue weighted by atomic mass is 10.0. The highest BCUT2D eigenvalue weighted by Gasteiger charge is 2.20. The number of carbonyl (C=O) groups is 1. The number of carbonyl (C=O) groups excluding carboxylic acids is 1. The second-order valence-electron chi connectivity index (χ2n) is 3.66. The van der Waals surface area contributed by atoms with Gasteiger partial charge in [-0.2, -0.15) is 0 Å². The first-order valence-electron chi connectivity index (χ1n) is 4.76. The van der Waals surface area contributed by atoms with Crippen molar-refractivity contribution in [3.05, 3.63) is 29.6 Å². The van der Waals surface area contributed by atoms with E-state index in [-0.39, 0.29) is 5.78 Å². The first-order chi connectivity index (χ1) is 6.77. The van der Waals surface area contributed by atoms with Gasteiger partial charge in [-0.05, 0) is 19.1 Å². The summed E-state index contributed by atoms with van der Waals surface area (Å²) in [5.41, 5.74) is 2.78. The molecule has 0 unspecified atom stereocenters. The Labute approximate surface area is 81.4 Å². The minimum atomic E-state index is 0.239. The van der Waals surface area contributed by atoms with E-state index in [4.69, 9.17) is 0 Å². The van der Waals surface area contributed by atoms with E-state index in [0.717, 1.165) is 29.0 Å². The van der Waals surface area contributed by atoms with Crippen LogP contribution in [0.3, 0.4) is 0 Å². The van der Waals surface area contributed by atoms with Crippen LogP contribution >= 0.6 is 0 Å². The molecule has 2 aromatic rings. The van der Waals surface area contributed by atoms with E-state index < -0.39 is 0 Å². The zero-order valence-electron chi connectivity index (χ0n) is 7.95. The Hall–Kier alpha value is -1.64. The fraction of sp³-hybridized carbons (Fsp3) is 0.273. The number of para-hydroxylation sites is 1. The van der Waals surface area contributed by atoms with Crippen LogP contribution in [-0.2, 0) is 6.54 Å². The van der Waals surface area contributed by atoms with E-state index >= 15 is 0 Å². The lowest BCUT2D eigenvalue weighted by Gasteiger charge is -2.14. The van der Waals surface area contributed by atoms with Crippen molar-refractivity contribution >= 4 is 16.8 Å². The molecule has 14 heavy (non-hydrogen) atoms. The molecule has 0 amide bonds. The number of nitrogens with zero attached hydrogens (tertiary/aromatic N) is 2. The summed E-state index contributed by atoms with van der Waals surface area (Å²) in [4.78, 5) is 16.1. The van der Waals surface area contributed by atoms with Crippen molar-refractivity contribution in [2.45, 2.75) is 19.9 Å². The Morgan fingerprint density at radius 1 is 1.43 bits per heavy atom. The van der Waals surface area contributed by atoms with Crippen LogP contribution < -0.4 is 0 Å². The second-order valence-corrected chi connectivity index (χ2v) is 3.66. The predicted octanol–water partition coefficient (Wildman–Crippen LogP) is 1.93. The molecule has 1 aliphatic rings. The Kier molecular flexibility index (Phi) is 1.35. The maximum absolute atomic E-state index is 11.6. The summed E-state index contributed by atoms with van der Waals surface area (Å²) in [5.74, 6) is 1.24. The number of hydrogen-bond donors (Lipinski definition) is 0. The number of aryl methyl sites for hydroxylation is 2. The molecule has 1 aliphatic heterocycles. The van der Waals surface area contributed by atoms with E-state index in [1.54, 1.807) is 0 Å². The third-order valence-electron chi connectivity index (χ3n) is 2.82. The highest BCUT2D eigenvalue weighted by Crippen LogP contribution is 2.25. The van der Waals surface area contributed by atoms with Gasteiger partial charge in [0.1, 0.15) is 5.82 Å². The quantitative estimate of drug-likeness (QED) is 0.630. The van der Waals surface area contributed by atoms with Gasteiger partial charge in [0.05, 0.1) is 11.0 Å². The van der Waals surface area contributed by atoms with Crippen LogP contribution in [0.25, 0.3) is 11.0 Å². The van der Waals surface area contributed by atoms with Crippen LogP contribution in [0.4, 0.5) is 0 Å². The van der Waals surface area contributed by atoms with Gasteiger partial charge >= 0.3 is 0 Å². The van der Waals surface area contributed by atoms with E-state index in [1.807, 2.05) is 25.1 Å². The first-order valence-corrected chi connectivity index (χ1v) is 4.76. The molecule has 2 heterocycles. The Morgan fingerprint density at radius 3 is 3.14 bits per heavy atom. The molecular weight excluding hydrogens is 176 g/mol. The Bertz CT molecular complexity index is 539. The van der Waals surface area contributed by atoms with Crippen molar-refractivity contribution in [1.82, 2.24) is 9.55 Å². The largest absolute Gasteiger partial charge is 0.327 e. The number of Topliss-reactive ketones (excluding diaryl/α,β-unsaturated/α-hetero) is 1. The van der Waals surface area contributed by atoms with Crippen LogP contribution in [0, 0.1) is 6.92 Å². The van der Waals surface area contributed by atoms with Crippen LogP contribution in [0.5, 0.6) is 0 Å². The van der Waals surface area contributed by atoms with Gasteiger partial charge in [0.15, 0.2) is 5.78 Å². The van der Waals surface area contributed by atoms with E-state index in [2.05, 4.69) is 9.55 Å². The zero-order valence-corrected chi connectivity index (χ0v) is 7.95. The van der Waals surface area contributed by atoms with E-state index in [1.165, 1.54) is 0 Å². The maximum atomic E-state index is 11.6. The average Bonchev–Trinajstić information content (AvgIpc) is 2.50. The highest BCUT2D eigenvalue weighted by molar-refractivity contribution is 6.07. The van der Waals surface area contributed by atoms with Crippen LogP contribution in [0.1, 0.15) is 22.6 Å². The summed E-state index contributed by atoms with van der Waals surface area (Å²) in [5, 5.41) is 0. The topological polar surface area (TPSA) is 34.9 Å². The number of aromatic nitrogens is 2. The van der Waals surface area contributed by atoms with Gasteiger partial charge in [0.25, 0.3) is 0 Å². The van der Waals surface area contributed by atoms with Crippen LogP contribution in [-0.4, -0.2) is 15.3 Å². The molecule has 3 rings (SSSR count). The normalized spacial score (nSPS) is 15.1. The standard InChI is InChI=1S/C11H10N2O/c1-7-12-9-4-2-3-8-10(14)5-6-13(7)11(8)9/h2-4H,5-6H2,1H3. The number of rotatable bonds is 0. The van der Waals surface area contributed by atoms with Crippen LogP contribution in [0.2, 0.25) is 0 Å². The van der Waals surface area contributed by atoms with E-state index in [9.17, 15) is 4.79 Å². The molecule has 0 aliphatic carbocycles. The van der Waals surface area contributed by atoms with Crippen molar-refractivity contribution in [3.8, 4) is 0 Å². The molecule has 0 saturated heterocycles. The minimum absolute atomic E-state index is 0.239. The molecule has 1 aromatic heterocycles. The molecule has 0 fully saturated rings. The third kappa shape index (κ3) is 0.816. The van der Waals surface area contributed by atoms with Gasteiger partial charge in [0, 0.05) is 18.5 Å². The summed E-state index contributed by atoms with van der Waals surface area (Å²) < 4.78 is 2.13. The molecule has 0 radical (unpaired) electrons. The van der Waals surface area contributed by atoms with Crippen molar-refractivity contribution in [1.29, 1.82) is 0 Å². The molecule has 0 saturated carbocycles. The Balaban J connectivity index is 2.53. The lowest BCUT2D eigenvalue weighted by Crippen LogP contribution is -2.14. The van der Waals surface area contributed by atoms with Crippen molar-refractivity contribution in [2.24, 2.45) is 0 Å². The van der Waals surface area contributed by atoms with Crippen molar-refractivity contribution in [2.75, 3.05) is 0 Å². The van der Waals surface area contributed by atoms with Crippen LogP contribution in [0.15, 0.2) is 18.2 Å². The average molecular weight is 186 g/mol. The van der Waals surface area contributed by atoms with Gasteiger partial charge in [-0.3, -0.25) is 4.79 Å². The number of imidazole rings is 1. The van der Waals surface area contributed by atoms with Gasteiger partial charge in [0.2, 0.25) is 0 Å². The molecule has 70 valence electrons. The SMILES string of the molecule is Cc1nc2cccc3c2n1CCC3=O. The minimum Gasteiger partial charge on any atom is -0.327 e. The molecule has 1 aromatic carbocycles. The summed E-state index contributed by atoms with van der Waals surface area (Å²) in [6, 6.07) is 5.75. The molecule has 3 heteroatoms. The van der Waals surface area contributed by atoms with Crippen molar-refractivity contribution in [3.63, 3.8) is 0 Å². The monoisotopic (exact) mass is 186 g/mol. The smallest absolute Gasteiger partial charge is 0.166 e.